The van der Waals surface area contributed by atoms with Gasteiger partial charge in [0, 0.05) is 24.8 Å². The van der Waals surface area contributed by atoms with Crippen molar-refractivity contribution in [2.75, 3.05) is 6.54 Å². The van der Waals surface area contributed by atoms with Crippen molar-refractivity contribution >= 4 is 18.3 Å². The number of aryl methyl sites for hydroxylation is 1. The van der Waals surface area contributed by atoms with Crippen molar-refractivity contribution in [2.24, 2.45) is 18.7 Å². The van der Waals surface area contributed by atoms with E-state index in [-0.39, 0.29) is 23.9 Å². The van der Waals surface area contributed by atoms with Gasteiger partial charge in [0.1, 0.15) is 0 Å². The number of carbonyl (C=O) groups excluding carboxylic acids is 1. The van der Waals surface area contributed by atoms with Crippen LogP contribution in [-0.4, -0.2) is 27.8 Å². The maximum atomic E-state index is 12.2. The third-order valence-electron chi connectivity index (χ3n) is 3.20. The molecular weight excluding hydrogens is 264 g/mol. The van der Waals surface area contributed by atoms with Crippen LogP contribution < -0.4 is 11.1 Å². The number of nitrogens with two attached hydrogens (primary N) is 1. The third-order valence-corrected chi connectivity index (χ3v) is 3.20. The fourth-order valence-electron chi connectivity index (χ4n) is 2.15. The Bertz CT molecular complexity index is 430. The van der Waals surface area contributed by atoms with E-state index in [0.717, 1.165) is 12.1 Å². The van der Waals surface area contributed by atoms with Crippen LogP contribution in [0.5, 0.6) is 0 Å². The van der Waals surface area contributed by atoms with Gasteiger partial charge < -0.3 is 11.1 Å². The fraction of sp³-hybridized carbons (Fsp3) is 0.692. The lowest BCUT2D eigenvalue weighted by atomic mass is 9.90. The number of carbonyl (C=O) groups is 1. The van der Waals surface area contributed by atoms with Crippen LogP contribution in [0.1, 0.15) is 43.2 Å². The molecule has 1 heterocycles. The minimum Gasteiger partial charge on any atom is -0.345 e. The van der Waals surface area contributed by atoms with E-state index in [1.807, 2.05) is 20.9 Å². The number of rotatable bonds is 5. The number of hydrogen-bond acceptors (Lipinski definition) is 3. The van der Waals surface area contributed by atoms with E-state index in [0.29, 0.717) is 18.0 Å². The van der Waals surface area contributed by atoms with Crippen LogP contribution in [0.25, 0.3) is 0 Å². The lowest BCUT2D eigenvalue weighted by Gasteiger charge is -2.31. The number of aromatic nitrogens is 2. The van der Waals surface area contributed by atoms with Gasteiger partial charge in [-0.1, -0.05) is 13.8 Å². The molecule has 0 radical (unpaired) electrons. The topological polar surface area (TPSA) is 72.9 Å². The van der Waals surface area contributed by atoms with E-state index >= 15 is 0 Å². The summed E-state index contributed by atoms with van der Waals surface area (Å²) in [6, 6.07) is 0. The SMILES string of the molecule is Cc1c(C(=O)NC(C)(CN)CC(C)C)cnn1C.Cl. The van der Waals surface area contributed by atoms with Crippen molar-refractivity contribution in [1.82, 2.24) is 15.1 Å². The molecule has 0 saturated carbocycles. The van der Waals surface area contributed by atoms with Gasteiger partial charge in [-0.3, -0.25) is 9.48 Å². The molecule has 0 spiro atoms. The molecule has 0 saturated heterocycles. The highest BCUT2D eigenvalue weighted by Gasteiger charge is 2.27. The molecule has 110 valence electrons. The first kappa shape index (κ1) is 17.9. The first-order valence-electron chi connectivity index (χ1n) is 6.30. The summed E-state index contributed by atoms with van der Waals surface area (Å²) in [6.07, 6.45) is 2.45. The molecule has 0 aliphatic heterocycles. The minimum atomic E-state index is -0.368. The molecule has 1 atom stereocenters. The number of nitrogens with one attached hydrogen (secondary N) is 1. The van der Waals surface area contributed by atoms with E-state index in [1.54, 1.807) is 10.9 Å². The molecule has 0 fully saturated rings. The summed E-state index contributed by atoms with van der Waals surface area (Å²) >= 11 is 0. The first-order valence-corrected chi connectivity index (χ1v) is 6.30. The summed E-state index contributed by atoms with van der Waals surface area (Å²) in [7, 11) is 1.82. The second-order valence-electron chi connectivity index (χ2n) is 5.58. The maximum Gasteiger partial charge on any atom is 0.255 e. The molecule has 0 aliphatic rings. The van der Waals surface area contributed by atoms with Gasteiger partial charge in [0.25, 0.3) is 5.91 Å². The van der Waals surface area contributed by atoms with Crippen LogP contribution in [0.2, 0.25) is 0 Å². The number of nitrogens with zero attached hydrogens (tertiary/aromatic N) is 2. The summed E-state index contributed by atoms with van der Waals surface area (Å²) in [4.78, 5) is 12.2. The van der Waals surface area contributed by atoms with Gasteiger partial charge in [-0.25, -0.2) is 0 Å². The van der Waals surface area contributed by atoms with Crippen LogP contribution in [0.3, 0.4) is 0 Å². The Morgan fingerprint density at radius 2 is 2.16 bits per heavy atom. The summed E-state index contributed by atoms with van der Waals surface area (Å²) < 4.78 is 1.69. The molecule has 3 N–H and O–H groups in total. The van der Waals surface area contributed by atoms with Gasteiger partial charge in [-0.15, -0.1) is 12.4 Å². The average molecular weight is 289 g/mol. The van der Waals surface area contributed by atoms with Crippen molar-refractivity contribution in [3.05, 3.63) is 17.5 Å². The zero-order valence-electron chi connectivity index (χ0n) is 12.4. The van der Waals surface area contributed by atoms with Crippen molar-refractivity contribution in [3.63, 3.8) is 0 Å². The Labute approximate surface area is 121 Å². The van der Waals surface area contributed by atoms with Gasteiger partial charge in [-0.2, -0.15) is 5.10 Å². The van der Waals surface area contributed by atoms with Gasteiger partial charge in [-0.05, 0) is 26.2 Å². The predicted molar refractivity (Wildman–Crippen MR) is 79.6 cm³/mol. The maximum absolute atomic E-state index is 12.2. The van der Waals surface area contributed by atoms with Gasteiger partial charge in [0.05, 0.1) is 11.8 Å². The van der Waals surface area contributed by atoms with Crippen molar-refractivity contribution in [1.29, 1.82) is 0 Å². The lowest BCUT2D eigenvalue weighted by molar-refractivity contribution is 0.0897. The fourth-order valence-corrected chi connectivity index (χ4v) is 2.15. The Hall–Kier alpha value is -1.07. The molecule has 1 rings (SSSR count). The highest BCUT2D eigenvalue weighted by atomic mass is 35.5. The average Bonchev–Trinajstić information content (AvgIpc) is 2.58. The first-order chi connectivity index (χ1) is 8.29. The normalized spacial score (nSPS) is 13.8. The molecule has 0 aromatic carbocycles. The second kappa shape index (κ2) is 6.91. The zero-order chi connectivity index (χ0) is 13.9. The predicted octanol–water partition coefficient (Wildman–Crippen LogP) is 1.64. The highest BCUT2D eigenvalue weighted by Crippen LogP contribution is 2.16. The summed E-state index contributed by atoms with van der Waals surface area (Å²) in [5.74, 6) is 0.378. The van der Waals surface area contributed by atoms with Crippen molar-refractivity contribution < 1.29 is 4.79 Å². The molecule has 0 aliphatic carbocycles. The molecular formula is C13H25ClN4O. The smallest absolute Gasteiger partial charge is 0.255 e. The van der Waals surface area contributed by atoms with Crippen LogP contribution in [-0.2, 0) is 7.05 Å². The van der Waals surface area contributed by atoms with Crippen molar-refractivity contribution in [2.45, 2.75) is 39.7 Å². The highest BCUT2D eigenvalue weighted by molar-refractivity contribution is 5.95. The Kier molecular flexibility index (Phi) is 6.52. The minimum absolute atomic E-state index is 0. The van der Waals surface area contributed by atoms with E-state index < -0.39 is 0 Å². The molecule has 1 aromatic rings. The molecule has 5 nitrogen and oxygen atoms in total. The third kappa shape index (κ3) is 4.51. The van der Waals surface area contributed by atoms with Gasteiger partial charge in [0.15, 0.2) is 0 Å². The summed E-state index contributed by atoms with van der Waals surface area (Å²) in [5, 5.41) is 7.11. The Morgan fingerprint density at radius 1 is 1.58 bits per heavy atom. The molecule has 1 amide bonds. The van der Waals surface area contributed by atoms with Crippen LogP contribution in [0.15, 0.2) is 6.20 Å². The van der Waals surface area contributed by atoms with E-state index in [4.69, 9.17) is 5.73 Å². The van der Waals surface area contributed by atoms with E-state index in [9.17, 15) is 4.79 Å². The Balaban J connectivity index is 0.00000324. The number of halogens is 1. The molecule has 19 heavy (non-hydrogen) atoms. The van der Waals surface area contributed by atoms with Crippen LogP contribution in [0.4, 0.5) is 0 Å². The molecule has 0 bridgehead atoms. The van der Waals surface area contributed by atoms with Crippen molar-refractivity contribution in [3.8, 4) is 0 Å². The monoisotopic (exact) mass is 288 g/mol. The number of hydrogen-bond donors (Lipinski definition) is 2. The summed E-state index contributed by atoms with van der Waals surface area (Å²) in [5.41, 5.74) is 6.89. The second-order valence-corrected chi connectivity index (χ2v) is 5.58. The van der Waals surface area contributed by atoms with E-state index in [1.165, 1.54) is 0 Å². The molecule has 1 unspecified atom stereocenters. The Morgan fingerprint density at radius 3 is 2.53 bits per heavy atom. The van der Waals surface area contributed by atoms with Gasteiger partial charge in [0.2, 0.25) is 0 Å². The number of amides is 1. The lowest BCUT2D eigenvalue weighted by Crippen LogP contribution is -2.52. The quantitative estimate of drug-likeness (QED) is 0.865. The van der Waals surface area contributed by atoms with Crippen LogP contribution >= 0.6 is 12.4 Å². The standard InChI is InChI=1S/C13H24N4O.ClH/c1-9(2)6-13(4,8-14)16-12(18)11-7-15-17(5)10(11)3;/h7,9H,6,8,14H2,1-5H3,(H,16,18);1H. The molecule has 1 aromatic heterocycles. The molecule has 6 heteroatoms. The zero-order valence-corrected chi connectivity index (χ0v) is 13.2. The van der Waals surface area contributed by atoms with Gasteiger partial charge >= 0.3 is 0 Å². The van der Waals surface area contributed by atoms with E-state index in [2.05, 4.69) is 24.3 Å². The largest absolute Gasteiger partial charge is 0.345 e. The van der Waals surface area contributed by atoms with Crippen LogP contribution in [0, 0.1) is 12.8 Å². The summed E-state index contributed by atoms with van der Waals surface area (Å²) in [6.45, 7) is 8.53.